The average Bonchev–Trinajstić information content (AvgIpc) is 2.86. The number of nitrogens with two attached hydrogens (primary N) is 1. The first-order valence-electron chi connectivity index (χ1n) is 6.72. The number of hydrogen-bond acceptors (Lipinski definition) is 4. The summed E-state index contributed by atoms with van der Waals surface area (Å²) in [7, 11) is 0. The molecule has 1 saturated heterocycles. The van der Waals surface area contributed by atoms with Crippen molar-refractivity contribution in [2.45, 2.75) is 25.8 Å². The molecule has 0 aromatic heterocycles. The number of nitrogens with one attached hydrogen (secondary N) is 1. The van der Waals surface area contributed by atoms with Crippen molar-refractivity contribution in [2.75, 3.05) is 25.4 Å². The molecule has 19 heavy (non-hydrogen) atoms. The predicted octanol–water partition coefficient (Wildman–Crippen LogP) is 1.19. The van der Waals surface area contributed by atoms with Gasteiger partial charge in [-0.3, -0.25) is 9.69 Å². The highest BCUT2D eigenvalue weighted by Gasteiger charge is 2.23. The van der Waals surface area contributed by atoms with Gasteiger partial charge in [0.05, 0.1) is 5.56 Å². The normalized spacial score (nSPS) is 19.5. The molecule has 5 nitrogen and oxygen atoms in total. The summed E-state index contributed by atoms with van der Waals surface area (Å²) in [6.45, 7) is 4.87. The summed E-state index contributed by atoms with van der Waals surface area (Å²) < 4.78 is 0. The van der Waals surface area contributed by atoms with Gasteiger partial charge >= 0.3 is 0 Å². The molecule has 0 bridgehead atoms. The maximum Gasteiger partial charge on any atom is 0.253 e. The molecule has 0 aliphatic carbocycles. The number of hydrogen-bond donors (Lipinski definition) is 3. The highest BCUT2D eigenvalue weighted by molar-refractivity contribution is 5.99. The van der Waals surface area contributed by atoms with Gasteiger partial charge in [-0.25, -0.2) is 0 Å². The summed E-state index contributed by atoms with van der Waals surface area (Å²) in [6, 6.07) is 4.82. The molecule has 1 aliphatic heterocycles. The molecule has 0 spiro atoms. The monoisotopic (exact) mass is 263 g/mol. The van der Waals surface area contributed by atoms with Crippen LogP contribution in [0.5, 0.6) is 5.75 Å². The van der Waals surface area contributed by atoms with Gasteiger partial charge in [0.15, 0.2) is 0 Å². The molecule has 1 aliphatic rings. The smallest absolute Gasteiger partial charge is 0.253 e. The standard InChI is InChI=1S/C14H21N3O2/c1-2-17-7-3-4-10(17)9-16-14(19)12-8-11(18)5-6-13(12)15/h5-6,8,10,18H,2-4,7,9,15H2,1H3,(H,16,19). The van der Waals surface area contributed by atoms with Crippen molar-refractivity contribution in [2.24, 2.45) is 0 Å². The molecular weight excluding hydrogens is 242 g/mol. The third-order valence-electron chi connectivity index (χ3n) is 3.69. The number of carbonyl (C=O) groups is 1. The summed E-state index contributed by atoms with van der Waals surface area (Å²) in [6.07, 6.45) is 2.30. The summed E-state index contributed by atoms with van der Waals surface area (Å²) in [4.78, 5) is 14.4. The van der Waals surface area contributed by atoms with Gasteiger partial charge in [0.25, 0.3) is 5.91 Å². The molecule has 104 valence electrons. The van der Waals surface area contributed by atoms with Crippen LogP contribution in [0, 0.1) is 0 Å². The van der Waals surface area contributed by atoms with E-state index in [4.69, 9.17) is 5.73 Å². The number of likely N-dealkylation sites (tertiary alicyclic amines) is 1. The second-order valence-corrected chi connectivity index (χ2v) is 4.91. The van der Waals surface area contributed by atoms with Crippen molar-refractivity contribution < 1.29 is 9.90 Å². The number of nitrogens with zero attached hydrogens (tertiary/aromatic N) is 1. The van der Waals surface area contributed by atoms with E-state index in [0.717, 1.165) is 19.5 Å². The first-order valence-corrected chi connectivity index (χ1v) is 6.72. The van der Waals surface area contributed by atoms with Crippen LogP contribution in [0.1, 0.15) is 30.1 Å². The van der Waals surface area contributed by atoms with Gasteiger partial charge in [-0.1, -0.05) is 6.92 Å². The quantitative estimate of drug-likeness (QED) is 0.563. The van der Waals surface area contributed by atoms with E-state index in [9.17, 15) is 9.90 Å². The lowest BCUT2D eigenvalue weighted by Crippen LogP contribution is -2.40. The number of carbonyl (C=O) groups excluding carboxylic acids is 1. The molecule has 5 heteroatoms. The molecule has 0 saturated carbocycles. The molecule has 1 fully saturated rings. The Kier molecular flexibility index (Phi) is 4.27. The highest BCUT2D eigenvalue weighted by Crippen LogP contribution is 2.19. The number of phenols is 1. The van der Waals surface area contributed by atoms with Gasteiger partial charge in [0.1, 0.15) is 5.75 Å². The van der Waals surface area contributed by atoms with Crippen LogP contribution in [0.2, 0.25) is 0 Å². The number of benzene rings is 1. The number of anilines is 1. The van der Waals surface area contributed by atoms with Gasteiger partial charge < -0.3 is 16.2 Å². The lowest BCUT2D eigenvalue weighted by atomic mass is 10.1. The maximum absolute atomic E-state index is 12.0. The molecular formula is C14H21N3O2. The van der Waals surface area contributed by atoms with E-state index in [1.54, 1.807) is 0 Å². The van der Waals surface area contributed by atoms with Gasteiger partial charge in [-0.05, 0) is 44.1 Å². The van der Waals surface area contributed by atoms with Crippen LogP contribution < -0.4 is 11.1 Å². The average molecular weight is 263 g/mol. The number of amides is 1. The van der Waals surface area contributed by atoms with E-state index in [2.05, 4.69) is 17.1 Å². The summed E-state index contributed by atoms with van der Waals surface area (Å²) in [5.41, 5.74) is 6.46. The molecule has 1 aromatic carbocycles. The zero-order valence-corrected chi connectivity index (χ0v) is 11.2. The van der Waals surface area contributed by atoms with Crippen LogP contribution in [0.4, 0.5) is 5.69 Å². The van der Waals surface area contributed by atoms with Gasteiger partial charge in [0.2, 0.25) is 0 Å². The summed E-state index contributed by atoms with van der Waals surface area (Å²) >= 11 is 0. The Hall–Kier alpha value is -1.75. The molecule has 1 heterocycles. The van der Waals surface area contributed by atoms with Crippen LogP contribution in [0.25, 0.3) is 0 Å². The first-order chi connectivity index (χ1) is 9.11. The van der Waals surface area contributed by atoms with Crippen LogP contribution >= 0.6 is 0 Å². The van der Waals surface area contributed by atoms with Gasteiger partial charge in [0, 0.05) is 18.3 Å². The lowest BCUT2D eigenvalue weighted by molar-refractivity contribution is 0.0942. The van der Waals surface area contributed by atoms with Crippen molar-refractivity contribution in [1.29, 1.82) is 0 Å². The third kappa shape index (κ3) is 3.17. The first kappa shape index (κ1) is 13.7. The number of nitrogen functional groups attached to an aromatic ring is 1. The number of aromatic hydroxyl groups is 1. The zero-order valence-electron chi connectivity index (χ0n) is 11.2. The number of phenolic OH excluding ortho intramolecular Hbond substituents is 1. The van der Waals surface area contributed by atoms with E-state index in [1.807, 2.05) is 0 Å². The minimum Gasteiger partial charge on any atom is -0.508 e. The Morgan fingerprint density at radius 2 is 2.37 bits per heavy atom. The fourth-order valence-electron chi connectivity index (χ4n) is 2.59. The molecule has 1 aromatic rings. The van der Waals surface area contributed by atoms with Crippen molar-refractivity contribution in [3.8, 4) is 5.75 Å². The van der Waals surface area contributed by atoms with E-state index in [1.165, 1.54) is 24.6 Å². The molecule has 1 atom stereocenters. The van der Waals surface area contributed by atoms with Crippen molar-refractivity contribution in [1.82, 2.24) is 10.2 Å². The molecule has 2 rings (SSSR count). The Balaban J connectivity index is 1.96. The summed E-state index contributed by atoms with van der Waals surface area (Å²) in [5, 5.41) is 12.3. The van der Waals surface area contributed by atoms with Crippen molar-refractivity contribution in [3.05, 3.63) is 23.8 Å². The third-order valence-corrected chi connectivity index (χ3v) is 3.69. The second kappa shape index (κ2) is 5.93. The predicted molar refractivity (Wildman–Crippen MR) is 75.1 cm³/mol. The SMILES string of the molecule is CCN1CCCC1CNC(=O)c1cc(O)ccc1N. The minimum absolute atomic E-state index is 0.0513. The van der Waals surface area contributed by atoms with Crippen LogP contribution in [0.15, 0.2) is 18.2 Å². The van der Waals surface area contributed by atoms with Gasteiger partial charge in [-0.2, -0.15) is 0 Å². The van der Waals surface area contributed by atoms with Crippen molar-refractivity contribution in [3.63, 3.8) is 0 Å². The van der Waals surface area contributed by atoms with E-state index >= 15 is 0 Å². The van der Waals surface area contributed by atoms with Gasteiger partial charge in [-0.15, -0.1) is 0 Å². The topological polar surface area (TPSA) is 78.6 Å². The molecule has 0 radical (unpaired) electrons. The van der Waals surface area contributed by atoms with Crippen LogP contribution in [-0.2, 0) is 0 Å². The summed E-state index contributed by atoms with van der Waals surface area (Å²) in [5.74, 6) is -0.174. The van der Waals surface area contributed by atoms with E-state index in [0.29, 0.717) is 23.8 Å². The highest BCUT2D eigenvalue weighted by atomic mass is 16.3. The Labute approximate surface area is 113 Å². The Morgan fingerprint density at radius 3 is 3.11 bits per heavy atom. The fraction of sp³-hybridized carbons (Fsp3) is 0.500. The number of rotatable bonds is 4. The van der Waals surface area contributed by atoms with E-state index < -0.39 is 0 Å². The lowest BCUT2D eigenvalue weighted by Gasteiger charge is -2.23. The largest absolute Gasteiger partial charge is 0.508 e. The molecule has 1 unspecified atom stereocenters. The Morgan fingerprint density at radius 1 is 1.58 bits per heavy atom. The zero-order chi connectivity index (χ0) is 13.8. The Bertz CT molecular complexity index is 462. The van der Waals surface area contributed by atoms with Crippen molar-refractivity contribution >= 4 is 11.6 Å². The number of likely N-dealkylation sites (N-methyl/N-ethyl adjacent to an activating group) is 1. The molecule has 4 N–H and O–H groups in total. The fourth-order valence-corrected chi connectivity index (χ4v) is 2.59. The van der Waals surface area contributed by atoms with Crippen LogP contribution in [0.3, 0.4) is 0 Å². The maximum atomic E-state index is 12.0. The second-order valence-electron chi connectivity index (χ2n) is 4.91. The molecule has 1 amide bonds. The van der Waals surface area contributed by atoms with Crippen LogP contribution in [-0.4, -0.2) is 41.6 Å². The minimum atomic E-state index is -0.226. The van der Waals surface area contributed by atoms with E-state index in [-0.39, 0.29) is 11.7 Å².